The van der Waals surface area contributed by atoms with Gasteiger partial charge >= 0.3 is 0 Å². The van der Waals surface area contributed by atoms with Crippen LogP contribution in [0.4, 0.5) is 5.69 Å². The number of anilines is 1. The zero-order valence-electron chi connectivity index (χ0n) is 8.16. The van der Waals surface area contributed by atoms with Crippen molar-refractivity contribution < 1.29 is 4.79 Å². The minimum Gasteiger partial charge on any atom is -0.323 e. The fourth-order valence-corrected chi connectivity index (χ4v) is 5.22. The first kappa shape index (κ1) is 9.60. The van der Waals surface area contributed by atoms with E-state index in [9.17, 15) is 4.79 Å². The maximum absolute atomic E-state index is 12.1. The van der Waals surface area contributed by atoms with Crippen LogP contribution in [0.15, 0.2) is 24.3 Å². The average Bonchev–Trinajstić information content (AvgIpc) is 2.55. The fourth-order valence-electron chi connectivity index (χ4n) is 2.03. The van der Waals surface area contributed by atoms with Crippen LogP contribution < -0.4 is 5.32 Å². The van der Waals surface area contributed by atoms with Gasteiger partial charge in [-0.05, 0) is 24.0 Å². The predicted molar refractivity (Wildman–Crippen MR) is 66.3 cm³/mol. The zero-order valence-corrected chi connectivity index (χ0v) is 9.79. The highest BCUT2D eigenvalue weighted by atomic mass is 32.2. The van der Waals surface area contributed by atoms with E-state index in [-0.39, 0.29) is 9.99 Å². The summed E-state index contributed by atoms with van der Waals surface area (Å²) in [5, 5.41) is 2.98. The maximum Gasteiger partial charge on any atom is 0.255 e. The smallest absolute Gasteiger partial charge is 0.255 e. The van der Waals surface area contributed by atoms with Crippen LogP contribution in [0.3, 0.4) is 0 Å². The minimum atomic E-state index is -0.352. The number of amides is 1. The number of rotatable bonds is 0. The number of hydrogen-bond acceptors (Lipinski definition) is 3. The van der Waals surface area contributed by atoms with Crippen LogP contribution >= 0.6 is 23.5 Å². The van der Waals surface area contributed by atoms with Crippen molar-refractivity contribution in [1.29, 1.82) is 0 Å². The summed E-state index contributed by atoms with van der Waals surface area (Å²) in [6, 6.07) is 8.03. The van der Waals surface area contributed by atoms with Crippen molar-refractivity contribution in [2.24, 2.45) is 0 Å². The molecule has 1 aromatic carbocycles. The first-order chi connectivity index (χ1) is 7.33. The van der Waals surface area contributed by atoms with Crippen LogP contribution in [0, 0.1) is 0 Å². The first-order valence-electron chi connectivity index (χ1n) is 5.02. The van der Waals surface area contributed by atoms with Gasteiger partial charge in [-0.2, -0.15) is 0 Å². The Morgan fingerprint density at radius 3 is 2.73 bits per heavy atom. The second-order valence-corrected chi connectivity index (χ2v) is 6.54. The molecule has 1 amide bonds. The minimum absolute atomic E-state index is 0.151. The topological polar surface area (TPSA) is 29.1 Å². The Morgan fingerprint density at radius 2 is 1.93 bits per heavy atom. The summed E-state index contributed by atoms with van der Waals surface area (Å²) in [6.07, 6.45) is 1.20. The molecule has 2 aliphatic heterocycles. The van der Waals surface area contributed by atoms with E-state index in [1.165, 1.54) is 6.42 Å². The Kier molecular flexibility index (Phi) is 2.21. The zero-order chi connectivity index (χ0) is 10.3. The summed E-state index contributed by atoms with van der Waals surface area (Å²) in [4.78, 5) is 12.1. The third kappa shape index (κ3) is 1.31. The lowest BCUT2D eigenvalue weighted by molar-refractivity contribution is -0.116. The Labute approximate surface area is 97.2 Å². The molecule has 0 aromatic heterocycles. The monoisotopic (exact) mass is 237 g/mol. The van der Waals surface area contributed by atoms with Crippen LogP contribution in [-0.2, 0) is 8.87 Å². The summed E-state index contributed by atoms with van der Waals surface area (Å²) >= 11 is 3.55. The second kappa shape index (κ2) is 3.46. The lowest BCUT2D eigenvalue weighted by Crippen LogP contribution is -2.30. The molecule has 1 aromatic rings. The van der Waals surface area contributed by atoms with Gasteiger partial charge in [0.15, 0.2) is 4.08 Å². The Morgan fingerprint density at radius 1 is 1.20 bits per heavy atom. The van der Waals surface area contributed by atoms with Gasteiger partial charge in [-0.3, -0.25) is 4.79 Å². The Bertz CT molecular complexity index is 413. The highest BCUT2D eigenvalue weighted by Crippen LogP contribution is 2.55. The molecule has 0 saturated carbocycles. The van der Waals surface area contributed by atoms with Crippen molar-refractivity contribution in [3.63, 3.8) is 0 Å². The van der Waals surface area contributed by atoms with E-state index >= 15 is 0 Å². The summed E-state index contributed by atoms with van der Waals surface area (Å²) in [7, 11) is 0. The molecule has 2 nitrogen and oxygen atoms in total. The van der Waals surface area contributed by atoms with Crippen molar-refractivity contribution in [3.05, 3.63) is 29.8 Å². The second-order valence-electron chi connectivity index (χ2n) is 3.67. The molecule has 1 saturated heterocycles. The number of carbonyl (C=O) groups is 1. The Balaban J connectivity index is 2.11. The molecule has 2 aliphatic rings. The van der Waals surface area contributed by atoms with Crippen molar-refractivity contribution in [1.82, 2.24) is 0 Å². The largest absolute Gasteiger partial charge is 0.323 e. The number of thioether (sulfide) groups is 2. The van der Waals surface area contributed by atoms with E-state index < -0.39 is 0 Å². The molecule has 4 heteroatoms. The van der Waals surface area contributed by atoms with Gasteiger partial charge in [0.1, 0.15) is 0 Å². The van der Waals surface area contributed by atoms with Crippen molar-refractivity contribution >= 4 is 35.1 Å². The molecular weight excluding hydrogens is 226 g/mol. The number of nitrogens with one attached hydrogen (secondary N) is 1. The number of para-hydroxylation sites is 1. The predicted octanol–water partition coefficient (Wildman–Crippen LogP) is 2.66. The molecule has 2 heterocycles. The highest BCUT2D eigenvalue weighted by Gasteiger charge is 2.48. The SMILES string of the molecule is O=C1Nc2ccccc2C12SCCCS2. The third-order valence-electron chi connectivity index (χ3n) is 2.73. The molecule has 3 rings (SSSR count). The van der Waals surface area contributed by atoms with E-state index in [0.29, 0.717) is 0 Å². The molecule has 0 bridgehead atoms. The standard InChI is InChI=1S/C11H11NOS2/c13-10-11(14-6-3-7-15-11)8-4-1-2-5-9(8)12-10/h1-2,4-5H,3,6-7H2,(H,12,13). The maximum atomic E-state index is 12.1. The average molecular weight is 237 g/mol. The van der Waals surface area contributed by atoms with E-state index in [2.05, 4.69) is 11.4 Å². The first-order valence-corrected chi connectivity index (χ1v) is 6.99. The van der Waals surface area contributed by atoms with Crippen LogP contribution in [0.1, 0.15) is 12.0 Å². The molecular formula is C11H11NOS2. The molecule has 0 unspecified atom stereocenters. The lowest BCUT2D eigenvalue weighted by atomic mass is 10.1. The molecule has 1 spiro atoms. The van der Waals surface area contributed by atoms with Gasteiger partial charge in [0, 0.05) is 11.3 Å². The van der Waals surface area contributed by atoms with E-state index in [1.54, 1.807) is 23.5 Å². The van der Waals surface area contributed by atoms with E-state index in [1.807, 2.05) is 18.2 Å². The molecule has 78 valence electrons. The van der Waals surface area contributed by atoms with Gasteiger partial charge in [-0.1, -0.05) is 18.2 Å². The molecule has 1 fully saturated rings. The Hall–Kier alpha value is -0.610. The molecule has 0 aliphatic carbocycles. The number of hydrogen-bond donors (Lipinski definition) is 1. The van der Waals surface area contributed by atoms with Crippen molar-refractivity contribution in [3.8, 4) is 0 Å². The molecule has 15 heavy (non-hydrogen) atoms. The van der Waals surface area contributed by atoms with Crippen LogP contribution in [0.25, 0.3) is 0 Å². The van der Waals surface area contributed by atoms with Crippen molar-refractivity contribution in [2.45, 2.75) is 10.5 Å². The highest BCUT2D eigenvalue weighted by molar-refractivity contribution is 8.19. The van der Waals surface area contributed by atoms with Crippen molar-refractivity contribution in [2.75, 3.05) is 16.8 Å². The summed E-state index contributed by atoms with van der Waals surface area (Å²) < 4.78 is -0.352. The quantitative estimate of drug-likeness (QED) is 0.752. The van der Waals surface area contributed by atoms with Crippen LogP contribution in [0.2, 0.25) is 0 Å². The summed E-state index contributed by atoms with van der Waals surface area (Å²) in [6.45, 7) is 0. The molecule has 0 atom stereocenters. The third-order valence-corrected chi connectivity index (χ3v) is 6.04. The summed E-state index contributed by atoms with van der Waals surface area (Å²) in [5.74, 6) is 2.31. The number of carbonyl (C=O) groups excluding carboxylic acids is 1. The van der Waals surface area contributed by atoms with Gasteiger partial charge in [-0.15, -0.1) is 23.5 Å². The molecule has 0 radical (unpaired) electrons. The normalized spacial score (nSPS) is 22.5. The number of benzene rings is 1. The molecule has 1 N–H and O–H groups in total. The van der Waals surface area contributed by atoms with E-state index in [0.717, 1.165) is 22.8 Å². The van der Waals surface area contributed by atoms with Gasteiger partial charge in [0.05, 0.1) is 0 Å². The van der Waals surface area contributed by atoms with Gasteiger partial charge in [0.2, 0.25) is 0 Å². The summed E-state index contributed by atoms with van der Waals surface area (Å²) in [5.41, 5.74) is 2.15. The van der Waals surface area contributed by atoms with Crippen LogP contribution in [0.5, 0.6) is 0 Å². The van der Waals surface area contributed by atoms with Gasteiger partial charge in [0.25, 0.3) is 5.91 Å². The van der Waals surface area contributed by atoms with E-state index in [4.69, 9.17) is 0 Å². The van der Waals surface area contributed by atoms with Gasteiger partial charge < -0.3 is 5.32 Å². The van der Waals surface area contributed by atoms with Gasteiger partial charge in [-0.25, -0.2) is 0 Å². The van der Waals surface area contributed by atoms with Crippen LogP contribution in [-0.4, -0.2) is 17.4 Å². The number of fused-ring (bicyclic) bond motifs is 2. The lowest BCUT2D eigenvalue weighted by Gasteiger charge is -2.29. The fraction of sp³-hybridized carbons (Fsp3) is 0.364.